The van der Waals surface area contributed by atoms with Crippen molar-refractivity contribution in [3.63, 3.8) is 0 Å². The maximum absolute atomic E-state index is 12.6. The van der Waals surface area contributed by atoms with Crippen LogP contribution in [-0.2, 0) is 14.8 Å². The van der Waals surface area contributed by atoms with Crippen molar-refractivity contribution >= 4 is 33.8 Å². The number of carbonyl (C=O) groups is 1. The normalized spacial score (nSPS) is 16.6. The van der Waals surface area contributed by atoms with Crippen molar-refractivity contribution in [1.29, 1.82) is 0 Å². The van der Waals surface area contributed by atoms with E-state index in [1.807, 2.05) is 0 Å². The standard InChI is InChI=1S/C18H25ClN2O5S/c1-18(2,3)26-17(22)20-8-10-21(11-9-20)27(23,24)12-7-14-5-6-15(19)13-16(14)25-4/h5-7,12-13H,8-11H2,1-4H3. The number of benzene rings is 1. The Morgan fingerprint density at radius 2 is 1.81 bits per heavy atom. The summed E-state index contributed by atoms with van der Waals surface area (Å²) in [5, 5.41) is 1.65. The molecule has 1 aromatic carbocycles. The van der Waals surface area contributed by atoms with Crippen LogP contribution in [-0.4, -0.2) is 62.6 Å². The van der Waals surface area contributed by atoms with Crippen LogP contribution in [0.15, 0.2) is 23.6 Å². The Morgan fingerprint density at radius 1 is 1.19 bits per heavy atom. The molecule has 0 unspecified atom stereocenters. The van der Waals surface area contributed by atoms with Gasteiger partial charge in [0.25, 0.3) is 0 Å². The minimum absolute atomic E-state index is 0.212. The monoisotopic (exact) mass is 416 g/mol. The fourth-order valence-corrected chi connectivity index (χ4v) is 3.84. The Kier molecular flexibility index (Phi) is 6.77. The molecule has 0 radical (unpaired) electrons. The van der Waals surface area contributed by atoms with Crippen LogP contribution >= 0.6 is 11.6 Å². The van der Waals surface area contributed by atoms with Crippen molar-refractivity contribution in [1.82, 2.24) is 9.21 Å². The largest absolute Gasteiger partial charge is 0.496 e. The summed E-state index contributed by atoms with van der Waals surface area (Å²) in [6.07, 6.45) is 1.05. The number of hydrogen-bond acceptors (Lipinski definition) is 5. The Bertz CT molecular complexity index is 810. The third-order valence-electron chi connectivity index (χ3n) is 3.87. The number of sulfonamides is 1. The molecule has 0 aromatic heterocycles. The lowest BCUT2D eigenvalue weighted by Gasteiger charge is -2.34. The quantitative estimate of drug-likeness (QED) is 0.753. The summed E-state index contributed by atoms with van der Waals surface area (Å²) < 4.78 is 37.0. The lowest BCUT2D eigenvalue weighted by molar-refractivity contribution is 0.0193. The number of halogens is 1. The number of carbonyl (C=O) groups excluding carboxylic acids is 1. The number of hydrogen-bond donors (Lipinski definition) is 0. The van der Waals surface area contributed by atoms with Gasteiger partial charge in [-0.15, -0.1) is 0 Å². The third-order valence-corrected chi connectivity index (χ3v) is 5.67. The molecule has 27 heavy (non-hydrogen) atoms. The second-order valence-corrected chi connectivity index (χ2v) is 9.36. The molecular formula is C18H25ClN2O5S. The Morgan fingerprint density at radius 3 is 2.37 bits per heavy atom. The molecule has 9 heteroatoms. The highest BCUT2D eigenvalue weighted by atomic mass is 35.5. The highest BCUT2D eigenvalue weighted by Crippen LogP contribution is 2.25. The van der Waals surface area contributed by atoms with E-state index in [2.05, 4.69) is 0 Å². The lowest BCUT2D eigenvalue weighted by atomic mass is 10.2. The molecule has 0 bridgehead atoms. The smallest absolute Gasteiger partial charge is 0.410 e. The highest BCUT2D eigenvalue weighted by Gasteiger charge is 2.29. The van der Waals surface area contributed by atoms with Gasteiger partial charge >= 0.3 is 6.09 Å². The van der Waals surface area contributed by atoms with Crippen LogP contribution in [0.5, 0.6) is 5.75 Å². The zero-order valence-corrected chi connectivity index (χ0v) is 17.5. The Hall–Kier alpha value is -1.77. The second-order valence-electron chi connectivity index (χ2n) is 7.10. The molecule has 1 saturated heterocycles. The van der Waals surface area contributed by atoms with E-state index in [4.69, 9.17) is 21.1 Å². The van der Waals surface area contributed by atoms with E-state index >= 15 is 0 Å². The average molecular weight is 417 g/mol. The van der Waals surface area contributed by atoms with E-state index in [9.17, 15) is 13.2 Å². The zero-order valence-electron chi connectivity index (χ0n) is 15.9. The van der Waals surface area contributed by atoms with Crippen molar-refractivity contribution in [2.75, 3.05) is 33.3 Å². The summed E-state index contributed by atoms with van der Waals surface area (Å²) in [7, 11) is -2.12. The van der Waals surface area contributed by atoms with Gasteiger partial charge in [0.2, 0.25) is 10.0 Å². The molecule has 7 nitrogen and oxygen atoms in total. The molecule has 0 saturated carbocycles. The summed E-state index contributed by atoms with van der Waals surface area (Å²) in [6.45, 7) is 6.37. The van der Waals surface area contributed by atoms with Crippen LogP contribution in [0, 0.1) is 0 Å². The molecule has 1 fully saturated rings. The van der Waals surface area contributed by atoms with E-state index in [0.29, 0.717) is 16.3 Å². The number of rotatable bonds is 4. The van der Waals surface area contributed by atoms with Crippen molar-refractivity contribution in [2.24, 2.45) is 0 Å². The Balaban J connectivity index is 2.02. The van der Waals surface area contributed by atoms with Gasteiger partial charge in [0, 0.05) is 42.2 Å². The minimum atomic E-state index is -3.62. The molecule has 2 rings (SSSR count). The van der Waals surface area contributed by atoms with E-state index < -0.39 is 21.7 Å². The number of methoxy groups -OCH3 is 1. The van der Waals surface area contributed by atoms with E-state index in [-0.39, 0.29) is 26.2 Å². The van der Waals surface area contributed by atoms with Crippen molar-refractivity contribution < 1.29 is 22.7 Å². The summed E-state index contributed by atoms with van der Waals surface area (Å²) in [6, 6.07) is 4.97. The number of piperazine rings is 1. The molecule has 0 spiro atoms. The lowest BCUT2D eigenvalue weighted by Crippen LogP contribution is -2.51. The van der Waals surface area contributed by atoms with Gasteiger partial charge in [0.05, 0.1) is 7.11 Å². The molecular weight excluding hydrogens is 392 g/mol. The van der Waals surface area contributed by atoms with E-state index in [1.165, 1.54) is 22.4 Å². The third kappa shape index (κ3) is 6.12. The van der Waals surface area contributed by atoms with Gasteiger partial charge in [-0.25, -0.2) is 13.2 Å². The zero-order chi connectivity index (χ0) is 20.2. The van der Waals surface area contributed by atoms with Crippen LogP contribution in [0.3, 0.4) is 0 Å². The topological polar surface area (TPSA) is 76.2 Å². The maximum atomic E-state index is 12.6. The molecule has 1 amide bonds. The molecule has 1 heterocycles. The predicted octanol–water partition coefficient (Wildman–Crippen LogP) is 3.20. The number of nitrogens with zero attached hydrogens (tertiary/aromatic N) is 2. The van der Waals surface area contributed by atoms with Crippen LogP contribution in [0.1, 0.15) is 26.3 Å². The molecule has 0 atom stereocenters. The van der Waals surface area contributed by atoms with Gasteiger partial charge in [-0.2, -0.15) is 4.31 Å². The van der Waals surface area contributed by atoms with E-state index in [1.54, 1.807) is 39.0 Å². The first-order valence-electron chi connectivity index (χ1n) is 8.51. The van der Waals surface area contributed by atoms with Crippen molar-refractivity contribution in [3.8, 4) is 5.75 Å². The van der Waals surface area contributed by atoms with E-state index in [0.717, 1.165) is 5.41 Å². The first kappa shape index (κ1) is 21.5. The maximum Gasteiger partial charge on any atom is 0.410 e. The van der Waals surface area contributed by atoms with Gasteiger partial charge in [-0.05, 0) is 45.0 Å². The summed E-state index contributed by atoms with van der Waals surface area (Å²) in [4.78, 5) is 13.6. The van der Waals surface area contributed by atoms with Crippen LogP contribution in [0.4, 0.5) is 4.79 Å². The van der Waals surface area contributed by atoms with Gasteiger partial charge in [0.15, 0.2) is 0 Å². The highest BCUT2D eigenvalue weighted by molar-refractivity contribution is 7.92. The average Bonchev–Trinajstić information content (AvgIpc) is 2.59. The van der Waals surface area contributed by atoms with Crippen LogP contribution in [0.2, 0.25) is 5.02 Å². The molecule has 1 aliphatic rings. The minimum Gasteiger partial charge on any atom is -0.496 e. The molecule has 0 N–H and O–H groups in total. The number of amides is 1. The molecule has 1 aliphatic heterocycles. The van der Waals surface area contributed by atoms with Gasteiger partial charge in [-0.3, -0.25) is 0 Å². The summed E-state index contributed by atoms with van der Waals surface area (Å²) in [5.41, 5.74) is 0.0265. The van der Waals surface area contributed by atoms with Crippen molar-refractivity contribution in [3.05, 3.63) is 34.2 Å². The Labute approximate surface area is 165 Å². The number of ether oxygens (including phenoxy) is 2. The first-order valence-corrected chi connectivity index (χ1v) is 10.4. The second kappa shape index (κ2) is 8.50. The van der Waals surface area contributed by atoms with Crippen molar-refractivity contribution in [2.45, 2.75) is 26.4 Å². The van der Waals surface area contributed by atoms with Gasteiger partial charge in [0.1, 0.15) is 11.4 Å². The summed E-state index contributed by atoms with van der Waals surface area (Å²) >= 11 is 5.91. The molecule has 150 valence electrons. The molecule has 0 aliphatic carbocycles. The first-order chi connectivity index (χ1) is 12.5. The van der Waals surface area contributed by atoms with Gasteiger partial charge in [-0.1, -0.05) is 11.6 Å². The predicted molar refractivity (Wildman–Crippen MR) is 105 cm³/mol. The van der Waals surface area contributed by atoms with Gasteiger partial charge < -0.3 is 14.4 Å². The molecule has 1 aromatic rings. The fourth-order valence-electron chi connectivity index (χ4n) is 2.52. The summed E-state index contributed by atoms with van der Waals surface area (Å²) in [5.74, 6) is 0.490. The van der Waals surface area contributed by atoms with Crippen LogP contribution in [0.25, 0.3) is 6.08 Å². The fraction of sp³-hybridized carbons (Fsp3) is 0.500. The SMILES string of the molecule is COc1cc(Cl)ccc1C=CS(=O)(=O)N1CCN(C(=O)OC(C)(C)C)CC1. The van der Waals surface area contributed by atoms with Crippen LogP contribution < -0.4 is 4.74 Å².